The van der Waals surface area contributed by atoms with E-state index in [1.54, 1.807) is 14.2 Å². The summed E-state index contributed by atoms with van der Waals surface area (Å²) in [5.74, 6) is 1.75. The van der Waals surface area contributed by atoms with E-state index in [4.69, 9.17) is 9.47 Å². The van der Waals surface area contributed by atoms with Crippen LogP contribution in [0.15, 0.2) is 71.2 Å². The highest BCUT2D eigenvalue weighted by Crippen LogP contribution is 2.48. The van der Waals surface area contributed by atoms with E-state index in [1.165, 1.54) is 5.56 Å². The zero-order valence-corrected chi connectivity index (χ0v) is 26.8. The summed E-state index contributed by atoms with van der Waals surface area (Å²) in [6, 6.07) is 21.6. The highest BCUT2D eigenvalue weighted by Gasteiger charge is 2.47. The fourth-order valence-electron chi connectivity index (χ4n) is 6.73. The Balaban J connectivity index is 1.11. The molecule has 43 heavy (non-hydrogen) atoms. The number of carbonyl (C=O) groups is 2. The van der Waals surface area contributed by atoms with Gasteiger partial charge in [0.05, 0.1) is 19.6 Å². The van der Waals surface area contributed by atoms with Crippen molar-refractivity contribution in [3.8, 4) is 11.5 Å². The molecule has 7 nitrogen and oxygen atoms in total. The molecule has 2 amide bonds. The first-order valence-corrected chi connectivity index (χ1v) is 16.0. The minimum Gasteiger partial charge on any atom is -0.493 e. The highest BCUT2D eigenvalue weighted by atomic mass is 79.9. The number of likely N-dealkylation sites (tertiary alicyclic amines) is 1. The van der Waals surface area contributed by atoms with Gasteiger partial charge in [0, 0.05) is 29.7 Å². The fraction of sp³-hybridized carbons (Fsp3) is 0.429. The van der Waals surface area contributed by atoms with Crippen LogP contribution in [0.2, 0.25) is 0 Å². The van der Waals surface area contributed by atoms with Gasteiger partial charge >= 0.3 is 0 Å². The van der Waals surface area contributed by atoms with Crippen LogP contribution in [0, 0.1) is 11.3 Å². The Kier molecular flexibility index (Phi) is 10.4. The van der Waals surface area contributed by atoms with Crippen molar-refractivity contribution >= 4 is 27.7 Å². The van der Waals surface area contributed by atoms with Gasteiger partial charge < -0.3 is 20.1 Å². The van der Waals surface area contributed by atoms with Crippen LogP contribution in [0.25, 0.3) is 0 Å². The molecule has 2 aliphatic rings. The summed E-state index contributed by atoms with van der Waals surface area (Å²) in [4.78, 5) is 29.0. The van der Waals surface area contributed by atoms with E-state index in [0.29, 0.717) is 36.1 Å². The largest absolute Gasteiger partial charge is 0.493 e. The molecule has 3 aromatic rings. The molecule has 2 N–H and O–H groups in total. The van der Waals surface area contributed by atoms with Crippen LogP contribution in [0.1, 0.15) is 65.6 Å². The molecule has 0 unspecified atom stereocenters. The summed E-state index contributed by atoms with van der Waals surface area (Å²) in [6.45, 7) is 3.87. The Morgan fingerprint density at radius 2 is 1.42 bits per heavy atom. The number of nitrogens with one attached hydrogen (secondary N) is 2. The minimum atomic E-state index is -0.256. The molecular formula is C35H42BrN3O4. The molecule has 1 aliphatic heterocycles. The molecular weight excluding hydrogens is 606 g/mol. The van der Waals surface area contributed by atoms with Gasteiger partial charge in [-0.2, -0.15) is 0 Å². The van der Waals surface area contributed by atoms with Gasteiger partial charge in [-0.05, 0) is 97.8 Å². The topological polar surface area (TPSA) is 79.9 Å². The number of hydrogen-bond acceptors (Lipinski definition) is 5. The van der Waals surface area contributed by atoms with Gasteiger partial charge in [0.15, 0.2) is 11.5 Å². The second-order valence-electron chi connectivity index (χ2n) is 11.8. The number of rotatable bonds is 11. The van der Waals surface area contributed by atoms with Crippen molar-refractivity contribution in [2.24, 2.45) is 11.3 Å². The Morgan fingerprint density at radius 3 is 2.07 bits per heavy atom. The summed E-state index contributed by atoms with van der Waals surface area (Å²) in [7, 11) is 3.19. The molecule has 5 rings (SSSR count). The lowest BCUT2D eigenvalue weighted by molar-refractivity contribution is -0.135. The number of carbonyl (C=O) groups excluding carboxylic acids is 2. The molecule has 3 aromatic carbocycles. The average molecular weight is 649 g/mol. The molecule has 1 heterocycles. The Labute approximate surface area is 263 Å². The maximum absolute atomic E-state index is 13.7. The lowest BCUT2D eigenvalue weighted by atomic mass is 9.69. The van der Waals surface area contributed by atoms with Crippen LogP contribution in [0.4, 0.5) is 0 Å². The molecule has 2 fully saturated rings. The SMILES string of the molecule is COc1ccc(CNC(=O)c2ccc(CNC(=O)C3(C4CCN(Cc5ccc(Br)cc5)CC4)CCCC3)cc2)cc1OC. The number of halogens is 1. The van der Waals surface area contributed by atoms with Crippen LogP contribution >= 0.6 is 15.9 Å². The Bertz CT molecular complexity index is 1380. The van der Waals surface area contributed by atoms with Gasteiger partial charge in [-0.1, -0.05) is 59.1 Å². The summed E-state index contributed by atoms with van der Waals surface area (Å²) in [6.07, 6.45) is 6.35. The van der Waals surface area contributed by atoms with E-state index in [-0.39, 0.29) is 17.2 Å². The third kappa shape index (κ3) is 7.60. The maximum Gasteiger partial charge on any atom is 0.251 e. The van der Waals surface area contributed by atoms with Crippen LogP contribution < -0.4 is 20.1 Å². The predicted octanol–water partition coefficient (Wildman–Crippen LogP) is 6.49. The summed E-state index contributed by atoms with van der Waals surface area (Å²) >= 11 is 3.52. The van der Waals surface area contributed by atoms with Crippen LogP contribution in [-0.4, -0.2) is 44.0 Å². The van der Waals surface area contributed by atoms with Gasteiger partial charge in [-0.3, -0.25) is 14.5 Å². The van der Waals surface area contributed by atoms with Crippen molar-refractivity contribution in [2.45, 2.75) is 58.2 Å². The molecule has 1 aliphatic carbocycles. The lowest BCUT2D eigenvalue weighted by Gasteiger charge is -2.42. The number of nitrogens with zero attached hydrogens (tertiary/aromatic N) is 1. The van der Waals surface area contributed by atoms with Gasteiger partial charge in [-0.25, -0.2) is 0 Å². The van der Waals surface area contributed by atoms with Gasteiger partial charge in [0.25, 0.3) is 5.91 Å². The fourth-order valence-corrected chi connectivity index (χ4v) is 6.99. The molecule has 1 saturated carbocycles. The van der Waals surface area contributed by atoms with E-state index in [0.717, 1.165) is 73.8 Å². The molecule has 228 valence electrons. The van der Waals surface area contributed by atoms with Crippen LogP contribution in [0.3, 0.4) is 0 Å². The summed E-state index contributed by atoms with van der Waals surface area (Å²) in [5.41, 5.74) is 3.56. The second kappa shape index (κ2) is 14.4. The molecule has 8 heteroatoms. The zero-order chi connectivity index (χ0) is 30.2. The smallest absolute Gasteiger partial charge is 0.251 e. The molecule has 0 spiro atoms. The van der Waals surface area contributed by atoms with Crippen molar-refractivity contribution in [1.82, 2.24) is 15.5 Å². The number of benzene rings is 3. The first-order valence-electron chi connectivity index (χ1n) is 15.2. The number of amides is 2. The first kappa shape index (κ1) is 31.1. The monoisotopic (exact) mass is 647 g/mol. The van der Waals surface area contributed by atoms with E-state index in [2.05, 4.69) is 55.7 Å². The molecule has 1 saturated heterocycles. The van der Waals surface area contributed by atoms with Crippen molar-refractivity contribution in [3.63, 3.8) is 0 Å². The summed E-state index contributed by atoms with van der Waals surface area (Å²) < 4.78 is 11.7. The van der Waals surface area contributed by atoms with E-state index in [9.17, 15) is 9.59 Å². The molecule has 0 aromatic heterocycles. The van der Waals surface area contributed by atoms with Crippen molar-refractivity contribution in [3.05, 3.63) is 93.5 Å². The van der Waals surface area contributed by atoms with Gasteiger partial charge in [-0.15, -0.1) is 0 Å². The quantitative estimate of drug-likeness (QED) is 0.249. The Hall–Kier alpha value is -3.36. The molecule has 0 radical (unpaired) electrons. The number of piperidine rings is 1. The van der Waals surface area contributed by atoms with Crippen molar-refractivity contribution in [2.75, 3.05) is 27.3 Å². The highest BCUT2D eigenvalue weighted by molar-refractivity contribution is 9.10. The number of ether oxygens (including phenoxy) is 2. The van der Waals surface area contributed by atoms with E-state index in [1.807, 2.05) is 42.5 Å². The average Bonchev–Trinajstić information content (AvgIpc) is 3.55. The maximum atomic E-state index is 13.7. The van der Waals surface area contributed by atoms with E-state index < -0.39 is 0 Å². The molecule has 0 atom stereocenters. The first-order chi connectivity index (χ1) is 20.9. The normalized spacial score (nSPS) is 16.9. The van der Waals surface area contributed by atoms with Crippen LogP contribution in [-0.2, 0) is 24.4 Å². The Morgan fingerprint density at radius 1 is 0.814 bits per heavy atom. The number of methoxy groups -OCH3 is 2. The zero-order valence-electron chi connectivity index (χ0n) is 25.2. The molecule has 0 bridgehead atoms. The standard InChI is InChI=1S/C35H42BrN3O4/c1-42-31-14-9-27(21-32(31)43-2)23-37-33(40)28-10-5-25(6-11-28)22-38-34(41)35(17-3-4-18-35)29-15-19-39(20-16-29)24-26-7-12-30(36)13-8-26/h5-14,21,29H,3-4,15-20,22-24H2,1-2H3,(H,37,40)(H,38,41). The van der Waals surface area contributed by atoms with E-state index >= 15 is 0 Å². The minimum absolute atomic E-state index is 0.151. The summed E-state index contributed by atoms with van der Waals surface area (Å²) in [5, 5.41) is 6.23. The van der Waals surface area contributed by atoms with Crippen molar-refractivity contribution < 1.29 is 19.1 Å². The van der Waals surface area contributed by atoms with Gasteiger partial charge in [0.2, 0.25) is 5.91 Å². The van der Waals surface area contributed by atoms with Gasteiger partial charge in [0.1, 0.15) is 0 Å². The predicted molar refractivity (Wildman–Crippen MR) is 172 cm³/mol. The third-order valence-corrected chi connectivity index (χ3v) is 9.74. The van der Waals surface area contributed by atoms with Crippen molar-refractivity contribution in [1.29, 1.82) is 0 Å². The number of hydrogen-bond donors (Lipinski definition) is 2. The van der Waals surface area contributed by atoms with Crippen LogP contribution in [0.5, 0.6) is 11.5 Å². The lowest BCUT2D eigenvalue weighted by Crippen LogP contribution is -2.48. The third-order valence-electron chi connectivity index (χ3n) is 9.21. The second-order valence-corrected chi connectivity index (χ2v) is 12.7.